The molecule has 0 spiro atoms. The van der Waals surface area contributed by atoms with Crippen LogP contribution in [-0.4, -0.2) is 68.9 Å². The number of aliphatic hydroxyl groups excluding tert-OH is 2. The van der Waals surface area contributed by atoms with Crippen LogP contribution in [0.15, 0.2) is 47.5 Å². The van der Waals surface area contributed by atoms with Crippen LogP contribution in [0, 0.1) is 6.92 Å². The molecule has 11 heteroatoms. The zero-order valence-corrected chi connectivity index (χ0v) is 22.4. The molecule has 1 aromatic carbocycles. The van der Waals surface area contributed by atoms with Gasteiger partial charge in [0.1, 0.15) is 18.2 Å². The molecule has 0 bridgehead atoms. The largest absolute Gasteiger partial charge is 0.485 e. The van der Waals surface area contributed by atoms with E-state index >= 15 is 0 Å². The summed E-state index contributed by atoms with van der Waals surface area (Å²) in [6, 6.07) is 7.59. The number of amides is 1. The summed E-state index contributed by atoms with van der Waals surface area (Å²) in [6.45, 7) is 4.60. The number of oxazole rings is 1. The smallest absolute Gasteiger partial charge is 0.251 e. The van der Waals surface area contributed by atoms with Gasteiger partial charge in [0, 0.05) is 44.0 Å². The molecule has 0 saturated heterocycles. The van der Waals surface area contributed by atoms with Gasteiger partial charge in [-0.2, -0.15) is 13.5 Å². The number of ether oxygens (including phenoxy) is 1. The molecule has 10 nitrogen and oxygen atoms in total. The van der Waals surface area contributed by atoms with Crippen LogP contribution < -0.4 is 15.4 Å². The highest BCUT2D eigenvalue weighted by Crippen LogP contribution is 2.30. The van der Waals surface area contributed by atoms with Crippen molar-refractivity contribution < 1.29 is 24.2 Å². The minimum Gasteiger partial charge on any atom is -0.485 e. The fourth-order valence-corrected chi connectivity index (χ4v) is 4.89. The van der Waals surface area contributed by atoms with E-state index in [0.717, 1.165) is 30.8 Å². The van der Waals surface area contributed by atoms with Crippen LogP contribution in [0.2, 0.25) is 0 Å². The van der Waals surface area contributed by atoms with E-state index in [1.807, 2.05) is 6.07 Å². The maximum absolute atomic E-state index is 12.6. The molecule has 0 unspecified atom stereocenters. The summed E-state index contributed by atoms with van der Waals surface area (Å²) in [6.07, 6.45) is 5.91. The molecule has 2 aliphatic rings. The lowest BCUT2D eigenvalue weighted by Crippen LogP contribution is -2.42. The summed E-state index contributed by atoms with van der Waals surface area (Å²) in [5, 5.41) is 26.1. The zero-order valence-electron chi connectivity index (χ0n) is 21.4. The van der Waals surface area contributed by atoms with E-state index in [2.05, 4.69) is 38.5 Å². The summed E-state index contributed by atoms with van der Waals surface area (Å²) in [5.41, 5.74) is 4.12. The topological polar surface area (TPSA) is 133 Å². The summed E-state index contributed by atoms with van der Waals surface area (Å²) in [4.78, 5) is 23.0. The number of carbonyl (C=O) groups is 1. The number of benzene rings is 1. The molecule has 1 aliphatic carbocycles. The molecule has 2 aromatic heterocycles. The SMILES string of the molecule is Cc1c(OCc2cnco2)ccc2c1CCN(C[C@@H](O)CNC(=O)c1ccnc(NC3CC(O)C3)c1)C2.S. The van der Waals surface area contributed by atoms with Crippen molar-refractivity contribution in [3.8, 4) is 5.75 Å². The van der Waals surface area contributed by atoms with Crippen molar-refractivity contribution in [2.24, 2.45) is 0 Å². The summed E-state index contributed by atoms with van der Waals surface area (Å²) in [7, 11) is 0. The zero-order chi connectivity index (χ0) is 25.8. The minimum absolute atomic E-state index is 0. The quantitative estimate of drug-likeness (QED) is 0.305. The van der Waals surface area contributed by atoms with Crippen molar-refractivity contribution in [2.75, 3.05) is 25.0 Å². The minimum atomic E-state index is -0.688. The lowest BCUT2D eigenvalue weighted by atomic mass is 9.89. The van der Waals surface area contributed by atoms with Gasteiger partial charge in [-0.25, -0.2) is 9.97 Å². The number of aliphatic hydroxyl groups is 2. The van der Waals surface area contributed by atoms with Gasteiger partial charge in [-0.1, -0.05) is 6.07 Å². The second-order valence-corrected chi connectivity index (χ2v) is 9.83. The van der Waals surface area contributed by atoms with Crippen molar-refractivity contribution >= 4 is 25.2 Å². The Morgan fingerprint density at radius 2 is 2.16 bits per heavy atom. The lowest BCUT2D eigenvalue weighted by Gasteiger charge is -2.32. The lowest BCUT2D eigenvalue weighted by molar-refractivity contribution is 0.0831. The van der Waals surface area contributed by atoms with Gasteiger partial charge >= 0.3 is 0 Å². The Hall–Kier alpha value is -3.12. The van der Waals surface area contributed by atoms with Crippen LogP contribution >= 0.6 is 13.5 Å². The average molecular weight is 542 g/mol. The first-order valence-electron chi connectivity index (χ1n) is 12.7. The first-order chi connectivity index (χ1) is 17.9. The molecular weight excluding hydrogens is 506 g/mol. The van der Waals surface area contributed by atoms with Crippen molar-refractivity contribution in [3.05, 3.63) is 71.1 Å². The summed E-state index contributed by atoms with van der Waals surface area (Å²) >= 11 is 0. The Kier molecular flexibility index (Phi) is 9.26. The Balaban J connectivity index is 0.00000336. The van der Waals surface area contributed by atoms with Gasteiger partial charge < -0.3 is 30.0 Å². The van der Waals surface area contributed by atoms with Crippen molar-refractivity contribution in [1.29, 1.82) is 0 Å². The van der Waals surface area contributed by atoms with E-state index in [0.29, 0.717) is 43.1 Å². The number of rotatable bonds is 10. The number of fused-ring (bicyclic) bond motifs is 1. The summed E-state index contributed by atoms with van der Waals surface area (Å²) < 4.78 is 11.2. The van der Waals surface area contributed by atoms with Gasteiger partial charge in [-0.3, -0.25) is 9.69 Å². The Morgan fingerprint density at radius 3 is 2.92 bits per heavy atom. The Labute approximate surface area is 228 Å². The third-order valence-corrected chi connectivity index (χ3v) is 7.03. The molecule has 3 aromatic rings. The molecule has 204 valence electrons. The van der Waals surface area contributed by atoms with Gasteiger partial charge in [0.15, 0.2) is 12.2 Å². The van der Waals surface area contributed by atoms with E-state index in [4.69, 9.17) is 9.15 Å². The van der Waals surface area contributed by atoms with Gasteiger partial charge in [0.05, 0.1) is 18.4 Å². The predicted octanol–water partition coefficient (Wildman–Crippen LogP) is 2.15. The third-order valence-electron chi connectivity index (χ3n) is 7.03. The second-order valence-electron chi connectivity index (χ2n) is 9.83. The molecule has 1 atom stereocenters. The van der Waals surface area contributed by atoms with Gasteiger partial charge in [-0.05, 0) is 61.1 Å². The van der Waals surface area contributed by atoms with Crippen LogP contribution in [0.4, 0.5) is 5.82 Å². The van der Waals surface area contributed by atoms with Gasteiger partial charge in [-0.15, -0.1) is 0 Å². The standard InChI is InChI=1S/C27H33N5O5.H2S/c1-17-24-5-7-32(13-19(24)2-3-25(17)36-15-23-12-28-16-37-23)14-22(34)11-30-27(35)18-4-6-29-26(8-18)31-20-9-21(33)10-20;/h2-4,6,8,12,16,20-22,33-34H,5,7,9-11,13-15H2,1H3,(H,29,31)(H,30,35);1H2/t20?,21?,22-;/m0./s1. The van der Waals surface area contributed by atoms with Crippen LogP contribution in [0.5, 0.6) is 5.75 Å². The first-order valence-corrected chi connectivity index (χ1v) is 12.7. The van der Waals surface area contributed by atoms with Gasteiger partial charge in [0.25, 0.3) is 5.91 Å². The van der Waals surface area contributed by atoms with E-state index in [9.17, 15) is 15.0 Å². The maximum Gasteiger partial charge on any atom is 0.251 e. The van der Waals surface area contributed by atoms with Crippen molar-refractivity contribution in [2.45, 2.75) is 57.6 Å². The van der Waals surface area contributed by atoms with Crippen LogP contribution in [0.3, 0.4) is 0 Å². The fourth-order valence-electron chi connectivity index (χ4n) is 4.89. The second kappa shape index (κ2) is 12.6. The predicted molar refractivity (Wildman–Crippen MR) is 147 cm³/mol. The molecule has 38 heavy (non-hydrogen) atoms. The van der Waals surface area contributed by atoms with E-state index in [1.165, 1.54) is 17.5 Å². The third kappa shape index (κ3) is 6.84. The highest BCUT2D eigenvalue weighted by Gasteiger charge is 2.27. The molecule has 1 fully saturated rings. The van der Waals surface area contributed by atoms with Crippen LogP contribution in [0.1, 0.15) is 45.7 Å². The molecule has 1 saturated carbocycles. The number of anilines is 1. The highest BCUT2D eigenvalue weighted by atomic mass is 32.1. The number of nitrogens with one attached hydrogen (secondary N) is 2. The monoisotopic (exact) mass is 541 g/mol. The van der Waals surface area contributed by atoms with Crippen molar-refractivity contribution in [1.82, 2.24) is 20.2 Å². The molecule has 0 radical (unpaired) electrons. The number of pyridine rings is 1. The number of aromatic nitrogens is 2. The number of β-amino-alcohol motifs (C(OH)–C–C–N with tert-alkyl or cyclic N) is 1. The van der Waals surface area contributed by atoms with E-state index < -0.39 is 6.10 Å². The van der Waals surface area contributed by atoms with Crippen LogP contribution in [-0.2, 0) is 19.6 Å². The van der Waals surface area contributed by atoms with Crippen molar-refractivity contribution in [3.63, 3.8) is 0 Å². The molecular formula is C27H35N5O5S. The molecule has 1 amide bonds. The van der Waals surface area contributed by atoms with E-state index in [1.54, 1.807) is 24.5 Å². The molecule has 5 rings (SSSR count). The normalized spacial score (nSPS) is 19.4. The Morgan fingerprint density at radius 1 is 1.32 bits per heavy atom. The Bertz CT molecular complexity index is 1220. The first kappa shape index (κ1) is 27.9. The van der Waals surface area contributed by atoms with Crippen LogP contribution in [0.25, 0.3) is 0 Å². The number of hydrogen-bond acceptors (Lipinski definition) is 9. The fraction of sp³-hybridized carbons (Fsp3) is 0.444. The molecule has 1 aliphatic heterocycles. The number of nitrogens with zero attached hydrogens (tertiary/aromatic N) is 3. The number of carbonyl (C=O) groups excluding carboxylic acids is 1. The van der Waals surface area contributed by atoms with E-state index in [-0.39, 0.29) is 38.1 Å². The summed E-state index contributed by atoms with van der Waals surface area (Å²) in [5.74, 6) is 1.88. The number of hydrogen-bond donors (Lipinski definition) is 4. The average Bonchev–Trinajstić information content (AvgIpc) is 3.40. The highest BCUT2D eigenvalue weighted by molar-refractivity contribution is 7.59. The van der Waals surface area contributed by atoms with Gasteiger partial charge in [0.2, 0.25) is 0 Å². The molecule has 3 heterocycles. The maximum atomic E-state index is 12.6. The molecule has 4 N–H and O–H groups in total.